The van der Waals surface area contributed by atoms with E-state index in [1.807, 2.05) is 19.9 Å². The minimum atomic E-state index is 0. The van der Waals surface area contributed by atoms with Crippen LogP contribution in [0.3, 0.4) is 0 Å². The molecule has 1 unspecified atom stereocenters. The van der Waals surface area contributed by atoms with Gasteiger partial charge in [-0.2, -0.15) is 0 Å². The standard InChI is InChI=1S/C19H33N3O2.HI/c1-6-15(5)22-19(20-7-2)21-13-12-16-10-11-17(23-8-3)18(14-16)24-9-4;/h10-11,14-15H,6-9,12-13H2,1-5H3,(H2,20,21,22);1H. The SMILES string of the molecule is CCNC(=NCCc1ccc(OCC)c(OCC)c1)NC(C)CC.I. The summed E-state index contributed by atoms with van der Waals surface area (Å²) in [7, 11) is 0. The van der Waals surface area contributed by atoms with Crippen molar-refractivity contribution in [1.82, 2.24) is 10.6 Å². The Kier molecular flexibility index (Phi) is 13.4. The lowest BCUT2D eigenvalue weighted by Crippen LogP contribution is -2.42. The van der Waals surface area contributed by atoms with Crippen LogP contribution in [0.4, 0.5) is 0 Å². The lowest BCUT2D eigenvalue weighted by Gasteiger charge is -2.16. The van der Waals surface area contributed by atoms with Crippen LogP contribution < -0.4 is 20.1 Å². The highest BCUT2D eigenvalue weighted by Gasteiger charge is 2.06. The minimum Gasteiger partial charge on any atom is -0.490 e. The Morgan fingerprint density at radius 1 is 1.08 bits per heavy atom. The number of hydrogen-bond acceptors (Lipinski definition) is 3. The van der Waals surface area contributed by atoms with E-state index in [-0.39, 0.29) is 24.0 Å². The van der Waals surface area contributed by atoms with Crippen LogP contribution in [0.25, 0.3) is 0 Å². The zero-order valence-electron chi connectivity index (χ0n) is 16.2. The molecule has 1 aromatic carbocycles. The molecule has 0 bridgehead atoms. The fourth-order valence-corrected chi connectivity index (χ4v) is 2.20. The van der Waals surface area contributed by atoms with Crippen molar-refractivity contribution < 1.29 is 9.47 Å². The molecule has 0 aromatic heterocycles. The Bertz CT molecular complexity index is 509. The Morgan fingerprint density at radius 3 is 2.36 bits per heavy atom. The van der Waals surface area contributed by atoms with Crippen molar-refractivity contribution >= 4 is 29.9 Å². The summed E-state index contributed by atoms with van der Waals surface area (Å²) in [6.45, 7) is 13.2. The number of aliphatic imine (C=N–C) groups is 1. The first-order valence-electron chi connectivity index (χ1n) is 9.07. The number of guanidine groups is 1. The largest absolute Gasteiger partial charge is 0.490 e. The number of nitrogens with zero attached hydrogens (tertiary/aromatic N) is 1. The third-order valence-corrected chi connectivity index (χ3v) is 3.62. The van der Waals surface area contributed by atoms with Crippen LogP contribution in [0, 0.1) is 0 Å². The Hall–Kier alpha value is -1.18. The lowest BCUT2D eigenvalue weighted by atomic mass is 10.1. The maximum absolute atomic E-state index is 5.68. The summed E-state index contributed by atoms with van der Waals surface area (Å²) in [6.07, 6.45) is 1.94. The van der Waals surface area contributed by atoms with Gasteiger partial charge in [0.2, 0.25) is 0 Å². The maximum atomic E-state index is 5.68. The summed E-state index contributed by atoms with van der Waals surface area (Å²) in [4.78, 5) is 4.65. The van der Waals surface area contributed by atoms with Crippen molar-refractivity contribution in [2.45, 2.75) is 53.5 Å². The monoisotopic (exact) mass is 463 g/mol. The van der Waals surface area contributed by atoms with Crippen LogP contribution in [-0.2, 0) is 6.42 Å². The van der Waals surface area contributed by atoms with Gasteiger partial charge in [-0.25, -0.2) is 0 Å². The van der Waals surface area contributed by atoms with Gasteiger partial charge in [0.25, 0.3) is 0 Å². The third-order valence-electron chi connectivity index (χ3n) is 3.62. The molecular formula is C19H34IN3O2. The molecule has 6 heteroatoms. The Labute approximate surface area is 170 Å². The number of nitrogens with one attached hydrogen (secondary N) is 2. The van der Waals surface area contributed by atoms with E-state index in [4.69, 9.17) is 9.47 Å². The smallest absolute Gasteiger partial charge is 0.191 e. The second-order valence-corrected chi connectivity index (χ2v) is 5.61. The van der Waals surface area contributed by atoms with E-state index >= 15 is 0 Å². The average Bonchev–Trinajstić information content (AvgIpc) is 2.57. The summed E-state index contributed by atoms with van der Waals surface area (Å²) in [5.74, 6) is 2.49. The number of rotatable bonds is 10. The van der Waals surface area contributed by atoms with Crippen LogP contribution in [0.5, 0.6) is 11.5 Å². The molecule has 0 aliphatic rings. The molecule has 0 spiro atoms. The number of hydrogen-bond donors (Lipinski definition) is 2. The molecule has 0 saturated heterocycles. The molecule has 0 aliphatic heterocycles. The van der Waals surface area contributed by atoms with Crippen LogP contribution in [0.1, 0.15) is 46.6 Å². The normalized spacial score (nSPS) is 12.1. The van der Waals surface area contributed by atoms with Crippen molar-refractivity contribution in [3.05, 3.63) is 23.8 Å². The van der Waals surface area contributed by atoms with Crippen LogP contribution in [-0.4, -0.2) is 38.3 Å². The van der Waals surface area contributed by atoms with E-state index < -0.39 is 0 Å². The molecule has 0 radical (unpaired) electrons. The first-order valence-corrected chi connectivity index (χ1v) is 9.07. The summed E-state index contributed by atoms with van der Waals surface area (Å²) in [6, 6.07) is 6.53. The molecule has 0 fully saturated rings. The topological polar surface area (TPSA) is 54.9 Å². The van der Waals surface area contributed by atoms with E-state index in [2.05, 4.69) is 48.5 Å². The predicted molar refractivity (Wildman–Crippen MR) is 117 cm³/mol. The fraction of sp³-hybridized carbons (Fsp3) is 0.632. The van der Waals surface area contributed by atoms with Crippen molar-refractivity contribution in [2.24, 2.45) is 4.99 Å². The third kappa shape index (κ3) is 9.18. The Balaban J connectivity index is 0.00000576. The number of benzene rings is 1. The quantitative estimate of drug-likeness (QED) is 0.313. The van der Waals surface area contributed by atoms with E-state index in [0.717, 1.165) is 43.4 Å². The van der Waals surface area contributed by atoms with Crippen molar-refractivity contribution in [3.63, 3.8) is 0 Å². The first-order chi connectivity index (χ1) is 11.6. The molecule has 0 aliphatic carbocycles. The molecule has 1 aromatic rings. The summed E-state index contributed by atoms with van der Waals surface area (Å²) >= 11 is 0. The van der Waals surface area contributed by atoms with Gasteiger partial charge in [0, 0.05) is 19.1 Å². The van der Waals surface area contributed by atoms with Crippen molar-refractivity contribution in [1.29, 1.82) is 0 Å². The molecule has 1 atom stereocenters. The molecule has 144 valence electrons. The minimum absolute atomic E-state index is 0. The molecule has 0 amide bonds. The van der Waals surface area contributed by atoms with Crippen LogP contribution in [0.15, 0.2) is 23.2 Å². The van der Waals surface area contributed by atoms with Gasteiger partial charge in [-0.3, -0.25) is 4.99 Å². The molecule has 5 nitrogen and oxygen atoms in total. The van der Waals surface area contributed by atoms with E-state index in [1.54, 1.807) is 0 Å². The van der Waals surface area contributed by atoms with Crippen molar-refractivity contribution in [3.8, 4) is 11.5 Å². The first kappa shape index (κ1) is 23.8. The zero-order chi connectivity index (χ0) is 17.8. The second kappa shape index (κ2) is 14.0. The predicted octanol–water partition coefficient (Wildman–Crippen LogP) is 4.00. The molecule has 25 heavy (non-hydrogen) atoms. The average molecular weight is 463 g/mol. The van der Waals surface area contributed by atoms with Gasteiger partial charge in [0.15, 0.2) is 17.5 Å². The van der Waals surface area contributed by atoms with Gasteiger partial charge < -0.3 is 20.1 Å². The highest BCUT2D eigenvalue weighted by atomic mass is 127. The van der Waals surface area contributed by atoms with E-state index in [0.29, 0.717) is 19.3 Å². The van der Waals surface area contributed by atoms with Gasteiger partial charge in [-0.05, 0) is 58.2 Å². The van der Waals surface area contributed by atoms with Crippen LogP contribution >= 0.6 is 24.0 Å². The molecule has 2 N–H and O–H groups in total. The van der Waals surface area contributed by atoms with Gasteiger partial charge in [0.05, 0.1) is 13.2 Å². The maximum Gasteiger partial charge on any atom is 0.191 e. The van der Waals surface area contributed by atoms with Gasteiger partial charge in [-0.1, -0.05) is 13.0 Å². The van der Waals surface area contributed by atoms with Crippen LogP contribution in [0.2, 0.25) is 0 Å². The summed E-state index contributed by atoms with van der Waals surface area (Å²) < 4.78 is 11.3. The van der Waals surface area contributed by atoms with Crippen molar-refractivity contribution in [2.75, 3.05) is 26.3 Å². The van der Waals surface area contributed by atoms with E-state index in [1.165, 1.54) is 5.56 Å². The number of ether oxygens (including phenoxy) is 2. The zero-order valence-corrected chi connectivity index (χ0v) is 18.6. The highest BCUT2D eigenvalue weighted by molar-refractivity contribution is 14.0. The molecule has 1 rings (SSSR count). The molecule has 0 saturated carbocycles. The fourth-order valence-electron chi connectivity index (χ4n) is 2.20. The highest BCUT2D eigenvalue weighted by Crippen LogP contribution is 2.28. The lowest BCUT2D eigenvalue weighted by molar-refractivity contribution is 0.287. The summed E-state index contributed by atoms with van der Waals surface area (Å²) in [5, 5.41) is 6.69. The number of halogens is 1. The molecular weight excluding hydrogens is 429 g/mol. The molecule has 0 heterocycles. The Morgan fingerprint density at radius 2 is 1.76 bits per heavy atom. The van der Waals surface area contributed by atoms with Gasteiger partial charge in [-0.15, -0.1) is 24.0 Å². The van der Waals surface area contributed by atoms with E-state index in [9.17, 15) is 0 Å². The second-order valence-electron chi connectivity index (χ2n) is 5.61. The summed E-state index contributed by atoms with van der Waals surface area (Å²) in [5.41, 5.74) is 1.20. The van der Waals surface area contributed by atoms with Gasteiger partial charge in [0.1, 0.15) is 0 Å². The van der Waals surface area contributed by atoms with Gasteiger partial charge >= 0.3 is 0 Å².